The minimum Gasteiger partial charge on any atom is -0.322 e. The molecule has 1 amide bonds. The van der Waals surface area contributed by atoms with Crippen LogP contribution in [0.4, 0.5) is 27.7 Å². The molecule has 3 N–H and O–H groups in total. The van der Waals surface area contributed by atoms with Crippen molar-refractivity contribution >= 4 is 34.7 Å². The topological polar surface area (TPSA) is 116 Å². The number of carbonyl (C=O) groups is 1. The van der Waals surface area contributed by atoms with E-state index in [1.807, 2.05) is 25.1 Å². The smallest absolute Gasteiger partial charge is 0.257 e. The van der Waals surface area contributed by atoms with Crippen LogP contribution in [-0.2, 0) is 4.79 Å². The molecule has 0 aromatic carbocycles. The molecule has 2 fully saturated rings. The molecule has 1 aliphatic carbocycles. The fraction of sp³-hybridized carbons (Fsp3) is 0.348. The van der Waals surface area contributed by atoms with Gasteiger partial charge in [0.1, 0.15) is 5.52 Å². The molecule has 2 aliphatic rings. The van der Waals surface area contributed by atoms with Gasteiger partial charge in [-0.15, -0.1) is 5.10 Å². The molecular formula is C23H24FN9O. The van der Waals surface area contributed by atoms with Gasteiger partial charge in [-0.25, -0.2) is 14.4 Å². The molecule has 6 rings (SSSR count). The van der Waals surface area contributed by atoms with E-state index in [1.165, 1.54) is 23.2 Å². The van der Waals surface area contributed by atoms with E-state index in [4.69, 9.17) is 4.98 Å². The summed E-state index contributed by atoms with van der Waals surface area (Å²) >= 11 is 0. The maximum atomic E-state index is 13.8. The Hall–Kier alpha value is -3.86. The lowest BCUT2D eigenvalue weighted by atomic mass is 9.98. The van der Waals surface area contributed by atoms with Gasteiger partial charge in [0.05, 0.1) is 17.4 Å². The molecule has 4 aromatic rings. The van der Waals surface area contributed by atoms with Crippen molar-refractivity contribution in [3.8, 4) is 0 Å². The van der Waals surface area contributed by atoms with E-state index in [0.29, 0.717) is 29.7 Å². The summed E-state index contributed by atoms with van der Waals surface area (Å²) in [7, 11) is 0. The lowest BCUT2D eigenvalue weighted by Crippen LogP contribution is -2.52. The molecule has 1 atom stereocenters. The SMILES string of the molecule is C[C@@]1(C(=O)N(c2ccc(F)nc2)c2nc(Nc3cc(C4CC4)[nH]n3)c3cccn3n2)CCCN1. The Labute approximate surface area is 194 Å². The molecule has 1 aliphatic heterocycles. The van der Waals surface area contributed by atoms with Crippen LogP contribution in [-0.4, -0.2) is 47.8 Å². The summed E-state index contributed by atoms with van der Waals surface area (Å²) in [6.45, 7) is 2.60. The van der Waals surface area contributed by atoms with Crippen LogP contribution in [0.1, 0.15) is 44.2 Å². The van der Waals surface area contributed by atoms with E-state index < -0.39 is 11.5 Å². The van der Waals surface area contributed by atoms with E-state index in [9.17, 15) is 9.18 Å². The second-order valence-electron chi connectivity index (χ2n) is 9.05. The Morgan fingerprint density at radius 3 is 2.94 bits per heavy atom. The van der Waals surface area contributed by atoms with Gasteiger partial charge < -0.3 is 10.6 Å². The average molecular weight is 462 g/mol. The minimum atomic E-state index is -0.793. The number of aromatic nitrogens is 6. The molecule has 1 saturated heterocycles. The van der Waals surface area contributed by atoms with Crippen molar-refractivity contribution in [1.82, 2.24) is 35.1 Å². The summed E-state index contributed by atoms with van der Waals surface area (Å²) in [5, 5.41) is 18.6. The highest BCUT2D eigenvalue weighted by atomic mass is 19.1. The fourth-order valence-corrected chi connectivity index (χ4v) is 4.38. The summed E-state index contributed by atoms with van der Waals surface area (Å²) in [4.78, 5) is 23.7. The van der Waals surface area contributed by atoms with Crippen LogP contribution in [0.5, 0.6) is 0 Å². The number of aromatic amines is 1. The van der Waals surface area contributed by atoms with Gasteiger partial charge in [0.15, 0.2) is 11.6 Å². The molecule has 4 aromatic heterocycles. The zero-order chi connectivity index (χ0) is 23.3. The molecule has 11 heteroatoms. The molecule has 0 radical (unpaired) electrons. The highest BCUT2D eigenvalue weighted by molar-refractivity contribution is 6.04. The zero-order valence-electron chi connectivity index (χ0n) is 18.6. The van der Waals surface area contributed by atoms with E-state index in [2.05, 4.69) is 30.9 Å². The number of nitrogens with zero attached hydrogens (tertiary/aromatic N) is 6. The van der Waals surface area contributed by atoms with Gasteiger partial charge in [-0.05, 0) is 63.4 Å². The molecule has 5 heterocycles. The van der Waals surface area contributed by atoms with Gasteiger partial charge in [0, 0.05) is 23.9 Å². The summed E-state index contributed by atoms with van der Waals surface area (Å²) < 4.78 is 15.2. The first kappa shape index (κ1) is 20.7. The minimum absolute atomic E-state index is 0.150. The van der Waals surface area contributed by atoms with Gasteiger partial charge in [-0.1, -0.05) is 0 Å². The van der Waals surface area contributed by atoms with Crippen LogP contribution in [0.15, 0.2) is 42.7 Å². The second-order valence-corrected chi connectivity index (χ2v) is 9.05. The van der Waals surface area contributed by atoms with Crippen molar-refractivity contribution in [2.45, 2.75) is 44.1 Å². The van der Waals surface area contributed by atoms with Crippen molar-refractivity contribution in [2.24, 2.45) is 0 Å². The van der Waals surface area contributed by atoms with Crippen molar-refractivity contribution < 1.29 is 9.18 Å². The lowest BCUT2D eigenvalue weighted by Gasteiger charge is -2.30. The summed E-state index contributed by atoms with van der Waals surface area (Å²) in [6, 6.07) is 8.44. The number of anilines is 4. The van der Waals surface area contributed by atoms with Crippen LogP contribution in [0.3, 0.4) is 0 Å². The number of pyridine rings is 1. The number of halogens is 1. The molecule has 0 unspecified atom stereocenters. The number of amides is 1. The maximum Gasteiger partial charge on any atom is 0.257 e. The number of fused-ring (bicyclic) bond motifs is 1. The van der Waals surface area contributed by atoms with Crippen molar-refractivity contribution in [3.63, 3.8) is 0 Å². The van der Waals surface area contributed by atoms with Gasteiger partial charge >= 0.3 is 0 Å². The predicted molar refractivity (Wildman–Crippen MR) is 124 cm³/mol. The third kappa shape index (κ3) is 3.67. The summed E-state index contributed by atoms with van der Waals surface area (Å²) in [6.07, 6.45) is 6.98. The molecular weight excluding hydrogens is 437 g/mol. The first-order valence-corrected chi connectivity index (χ1v) is 11.4. The van der Waals surface area contributed by atoms with E-state index in [0.717, 1.165) is 37.0 Å². The normalized spacial score (nSPS) is 20.1. The van der Waals surface area contributed by atoms with Gasteiger partial charge in [-0.2, -0.15) is 14.5 Å². The summed E-state index contributed by atoms with van der Waals surface area (Å²) in [5.74, 6) is 0.970. The van der Waals surface area contributed by atoms with Crippen LogP contribution in [0.25, 0.3) is 5.52 Å². The van der Waals surface area contributed by atoms with Crippen LogP contribution in [0.2, 0.25) is 0 Å². The van der Waals surface area contributed by atoms with E-state index in [1.54, 1.807) is 10.7 Å². The molecule has 10 nitrogen and oxygen atoms in total. The highest BCUT2D eigenvalue weighted by Gasteiger charge is 2.41. The predicted octanol–water partition coefficient (Wildman–Crippen LogP) is 3.41. The molecule has 0 spiro atoms. The quantitative estimate of drug-likeness (QED) is 0.377. The Bertz CT molecular complexity index is 1350. The van der Waals surface area contributed by atoms with Crippen LogP contribution < -0.4 is 15.5 Å². The zero-order valence-corrected chi connectivity index (χ0v) is 18.6. The Morgan fingerprint density at radius 1 is 1.32 bits per heavy atom. The van der Waals surface area contributed by atoms with Crippen LogP contribution in [0, 0.1) is 5.95 Å². The van der Waals surface area contributed by atoms with Crippen molar-refractivity contribution in [3.05, 3.63) is 54.4 Å². The largest absolute Gasteiger partial charge is 0.322 e. The Morgan fingerprint density at radius 2 is 2.21 bits per heavy atom. The number of rotatable bonds is 6. The maximum absolute atomic E-state index is 13.8. The summed E-state index contributed by atoms with van der Waals surface area (Å²) in [5.41, 5.74) is 1.42. The van der Waals surface area contributed by atoms with Gasteiger partial charge in [0.25, 0.3) is 11.9 Å². The Kier molecular flexibility index (Phi) is 4.80. The fourth-order valence-electron chi connectivity index (χ4n) is 4.38. The molecule has 0 bridgehead atoms. The first-order chi connectivity index (χ1) is 16.5. The third-order valence-electron chi connectivity index (χ3n) is 6.45. The average Bonchev–Trinajstić information content (AvgIpc) is 3.20. The molecule has 1 saturated carbocycles. The van der Waals surface area contributed by atoms with Gasteiger partial charge in [-0.3, -0.25) is 9.89 Å². The van der Waals surface area contributed by atoms with E-state index >= 15 is 0 Å². The first-order valence-electron chi connectivity index (χ1n) is 11.4. The van der Waals surface area contributed by atoms with Crippen molar-refractivity contribution in [1.29, 1.82) is 0 Å². The van der Waals surface area contributed by atoms with Crippen molar-refractivity contribution in [2.75, 3.05) is 16.8 Å². The number of carbonyl (C=O) groups excluding carboxylic acids is 1. The highest BCUT2D eigenvalue weighted by Crippen LogP contribution is 2.40. The van der Waals surface area contributed by atoms with Gasteiger partial charge in [0.2, 0.25) is 5.95 Å². The monoisotopic (exact) mass is 461 g/mol. The number of hydrogen-bond acceptors (Lipinski definition) is 7. The number of hydrogen-bond donors (Lipinski definition) is 3. The number of H-pyrrole nitrogens is 1. The van der Waals surface area contributed by atoms with E-state index in [-0.39, 0.29) is 11.9 Å². The lowest BCUT2D eigenvalue weighted by molar-refractivity contribution is -0.123. The second kappa shape index (κ2) is 7.87. The third-order valence-corrected chi connectivity index (χ3v) is 6.45. The molecule has 174 valence electrons. The Balaban J connectivity index is 1.44. The standard InChI is InChI=1S/C23H24FN9O/c1-23(9-3-10-26-23)21(34)33(15-7-8-18(24)25-13-15)22-28-20(17-4-2-11-32(17)31-22)27-19-12-16(29-30-19)14-5-6-14/h2,4,7-8,11-14,26H,3,5-6,9-10H2,1H3,(H2,27,28,29,30,31)/t23-/m0/s1. The number of nitrogens with one attached hydrogen (secondary N) is 3. The van der Waals surface area contributed by atoms with Crippen LogP contribution >= 0.6 is 0 Å². The molecule has 34 heavy (non-hydrogen) atoms.